The topological polar surface area (TPSA) is 106 Å². The highest BCUT2D eigenvalue weighted by atomic mass is 32.1. The fourth-order valence-corrected chi connectivity index (χ4v) is 4.89. The van der Waals surface area contributed by atoms with Crippen molar-refractivity contribution >= 4 is 29.1 Å². The Balaban J connectivity index is 1.30. The zero-order valence-corrected chi connectivity index (χ0v) is 19.1. The second-order valence-electron chi connectivity index (χ2n) is 8.41. The van der Waals surface area contributed by atoms with E-state index in [0.29, 0.717) is 17.0 Å². The number of nitrogens with one attached hydrogen (secondary N) is 1. The summed E-state index contributed by atoms with van der Waals surface area (Å²) in [5, 5.41) is 13.6. The SMILES string of the molecule is N#C[C@@H]1CC(F)(F)CN1C(=O)CNC(=O)c1csc(Cc2ccc(C(=O)N3CCCC3)cc2)n1. The normalized spacial score (nSPS) is 19.1. The van der Waals surface area contributed by atoms with E-state index >= 15 is 0 Å². The van der Waals surface area contributed by atoms with Crippen LogP contribution in [-0.2, 0) is 11.2 Å². The number of likely N-dealkylation sites (tertiary alicyclic amines) is 2. The third kappa shape index (κ3) is 5.39. The van der Waals surface area contributed by atoms with E-state index in [1.807, 2.05) is 17.0 Å². The molecule has 3 amide bonds. The van der Waals surface area contributed by atoms with Crippen molar-refractivity contribution in [2.24, 2.45) is 0 Å². The molecule has 0 unspecified atom stereocenters. The van der Waals surface area contributed by atoms with Crippen molar-refractivity contribution in [3.05, 3.63) is 51.5 Å². The number of hydrogen-bond acceptors (Lipinski definition) is 6. The van der Waals surface area contributed by atoms with E-state index in [1.165, 1.54) is 11.3 Å². The van der Waals surface area contributed by atoms with Crippen LogP contribution in [0.1, 0.15) is 50.7 Å². The lowest BCUT2D eigenvalue weighted by atomic mass is 10.1. The summed E-state index contributed by atoms with van der Waals surface area (Å²) >= 11 is 1.28. The molecule has 0 aliphatic carbocycles. The van der Waals surface area contributed by atoms with Gasteiger partial charge in [-0.2, -0.15) is 5.26 Å². The molecule has 4 rings (SSSR count). The zero-order chi connectivity index (χ0) is 24.3. The number of carbonyl (C=O) groups is 3. The van der Waals surface area contributed by atoms with Crippen LogP contribution in [0.25, 0.3) is 0 Å². The molecule has 1 atom stereocenters. The number of amides is 3. The Kier molecular flexibility index (Phi) is 6.88. The maximum atomic E-state index is 13.5. The van der Waals surface area contributed by atoms with E-state index in [0.717, 1.165) is 36.4 Å². The fourth-order valence-electron chi connectivity index (χ4n) is 4.08. The van der Waals surface area contributed by atoms with Crippen LogP contribution in [0.5, 0.6) is 0 Å². The standard InChI is InChI=1S/C23H23F2N5O3S/c24-23(25)10-17(11-26)30(14-23)20(31)12-27-21(32)18-13-34-19(28-18)9-15-3-5-16(6-4-15)22(33)29-7-1-2-8-29/h3-6,13,17H,1-2,7-10,12,14H2,(H,27,32)/t17-/m0/s1. The highest BCUT2D eigenvalue weighted by Crippen LogP contribution is 2.31. The van der Waals surface area contributed by atoms with Gasteiger partial charge in [0.05, 0.1) is 24.2 Å². The molecular formula is C23H23F2N5O3S. The Hall–Kier alpha value is -3.39. The molecule has 2 aromatic rings. The molecule has 11 heteroatoms. The minimum Gasteiger partial charge on any atom is -0.342 e. The Bertz CT molecular complexity index is 1120. The number of nitrogens with zero attached hydrogens (tertiary/aromatic N) is 4. The van der Waals surface area contributed by atoms with Gasteiger partial charge in [-0.15, -0.1) is 11.3 Å². The van der Waals surface area contributed by atoms with Crippen LogP contribution in [0.3, 0.4) is 0 Å². The molecule has 8 nitrogen and oxygen atoms in total. The van der Waals surface area contributed by atoms with Gasteiger partial charge in [0.2, 0.25) is 5.91 Å². The number of benzene rings is 1. The summed E-state index contributed by atoms with van der Waals surface area (Å²) < 4.78 is 27.0. The zero-order valence-electron chi connectivity index (χ0n) is 18.3. The molecule has 0 bridgehead atoms. The number of rotatable bonds is 6. The molecule has 1 N–H and O–H groups in total. The van der Waals surface area contributed by atoms with Gasteiger partial charge in [-0.25, -0.2) is 13.8 Å². The highest BCUT2D eigenvalue weighted by molar-refractivity contribution is 7.09. The van der Waals surface area contributed by atoms with Crippen molar-refractivity contribution in [2.75, 3.05) is 26.2 Å². The average molecular weight is 488 g/mol. The molecule has 0 radical (unpaired) electrons. The van der Waals surface area contributed by atoms with Gasteiger partial charge in [0.1, 0.15) is 11.7 Å². The van der Waals surface area contributed by atoms with Crippen LogP contribution in [0.2, 0.25) is 0 Å². The van der Waals surface area contributed by atoms with Crippen LogP contribution in [-0.4, -0.2) is 70.6 Å². The summed E-state index contributed by atoms with van der Waals surface area (Å²) in [6.07, 6.45) is 1.84. The van der Waals surface area contributed by atoms with Crippen LogP contribution in [0.4, 0.5) is 8.78 Å². The fraction of sp³-hybridized carbons (Fsp3) is 0.435. The molecule has 1 aromatic carbocycles. The Morgan fingerprint density at radius 2 is 1.91 bits per heavy atom. The lowest BCUT2D eigenvalue weighted by Gasteiger charge is -2.19. The van der Waals surface area contributed by atoms with Crippen molar-refractivity contribution < 1.29 is 23.2 Å². The van der Waals surface area contributed by atoms with Gasteiger partial charge >= 0.3 is 0 Å². The Morgan fingerprint density at radius 1 is 1.21 bits per heavy atom. The molecule has 2 aliphatic rings. The number of aromatic nitrogens is 1. The molecule has 3 heterocycles. The quantitative estimate of drug-likeness (QED) is 0.674. The predicted molar refractivity (Wildman–Crippen MR) is 120 cm³/mol. The van der Waals surface area contributed by atoms with Gasteiger partial charge in [-0.1, -0.05) is 12.1 Å². The molecule has 0 spiro atoms. The minimum atomic E-state index is -3.11. The molecule has 2 fully saturated rings. The van der Waals surface area contributed by atoms with Crippen LogP contribution >= 0.6 is 11.3 Å². The van der Waals surface area contributed by atoms with Crippen molar-refractivity contribution in [2.45, 2.75) is 37.6 Å². The number of carbonyl (C=O) groups excluding carboxylic acids is 3. The van der Waals surface area contributed by atoms with Gasteiger partial charge in [0.15, 0.2) is 0 Å². The highest BCUT2D eigenvalue weighted by Gasteiger charge is 2.47. The lowest BCUT2D eigenvalue weighted by molar-refractivity contribution is -0.131. The minimum absolute atomic E-state index is 0.0329. The summed E-state index contributed by atoms with van der Waals surface area (Å²) in [7, 11) is 0. The summed E-state index contributed by atoms with van der Waals surface area (Å²) in [6, 6.07) is 7.80. The van der Waals surface area contributed by atoms with Gasteiger partial charge in [-0.05, 0) is 30.5 Å². The summed E-state index contributed by atoms with van der Waals surface area (Å²) in [5.41, 5.74) is 1.70. The molecule has 178 valence electrons. The van der Waals surface area contributed by atoms with Crippen LogP contribution in [0, 0.1) is 11.3 Å². The summed E-state index contributed by atoms with van der Waals surface area (Å²) in [4.78, 5) is 44.0. The summed E-state index contributed by atoms with van der Waals surface area (Å²) in [6.45, 7) is 0.259. The number of halogens is 2. The monoisotopic (exact) mass is 487 g/mol. The molecule has 34 heavy (non-hydrogen) atoms. The van der Waals surface area contributed by atoms with Crippen LogP contribution < -0.4 is 5.32 Å². The second-order valence-corrected chi connectivity index (χ2v) is 9.35. The number of hydrogen-bond donors (Lipinski definition) is 1. The van der Waals surface area contributed by atoms with E-state index in [9.17, 15) is 23.2 Å². The first kappa shape index (κ1) is 23.8. The predicted octanol–water partition coefficient (Wildman–Crippen LogP) is 2.46. The van der Waals surface area contributed by atoms with Gasteiger partial charge in [-0.3, -0.25) is 14.4 Å². The first-order chi connectivity index (χ1) is 16.3. The maximum Gasteiger partial charge on any atom is 0.271 e. The van der Waals surface area contributed by atoms with E-state index < -0.39 is 43.3 Å². The van der Waals surface area contributed by atoms with E-state index in [-0.39, 0.29) is 11.6 Å². The number of nitriles is 1. The lowest BCUT2D eigenvalue weighted by Crippen LogP contribution is -2.43. The van der Waals surface area contributed by atoms with E-state index in [1.54, 1.807) is 23.6 Å². The van der Waals surface area contributed by atoms with Crippen LogP contribution in [0.15, 0.2) is 29.6 Å². The van der Waals surface area contributed by atoms with Crippen molar-refractivity contribution in [1.82, 2.24) is 20.1 Å². The molecule has 2 saturated heterocycles. The second kappa shape index (κ2) is 9.85. The maximum absolute atomic E-state index is 13.5. The Labute approximate surface area is 199 Å². The van der Waals surface area contributed by atoms with Gasteiger partial charge < -0.3 is 15.1 Å². The van der Waals surface area contributed by atoms with Gasteiger partial charge in [0.25, 0.3) is 17.7 Å². The van der Waals surface area contributed by atoms with Crippen molar-refractivity contribution in [3.8, 4) is 6.07 Å². The number of alkyl halides is 2. The molecule has 1 aromatic heterocycles. The van der Waals surface area contributed by atoms with Crippen molar-refractivity contribution in [1.29, 1.82) is 5.26 Å². The largest absolute Gasteiger partial charge is 0.342 e. The number of thiazole rings is 1. The average Bonchev–Trinajstić information content (AvgIpc) is 3.57. The van der Waals surface area contributed by atoms with Gasteiger partial charge in [0, 0.05) is 36.9 Å². The molecular weight excluding hydrogens is 464 g/mol. The smallest absolute Gasteiger partial charge is 0.271 e. The first-order valence-electron chi connectivity index (χ1n) is 10.9. The molecule has 2 aliphatic heterocycles. The first-order valence-corrected chi connectivity index (χ1v) is 11.8. The molecule has 0 saturated carbocycles. The van der Waals surface area contributed by atoms with E-state index in [2.05, 4.69) is 10.3 Å². The third-order valence-electron chi connectivity index (χ3n) is 5.87. The van der Waals surface area contributed by atoms with E-state index in [4.69, 9.17) is 5.26 Å². The Morgan fingerprint density at radius 3 is 2.59 bits per heavy atom. The third-order valence-corrected chi connectivity index (χ3v) is 6.72. The summed E-state index contributed by atoms with van der Waals surface area (Å²) in [5.74, 6) is -4.41. The van der Waals surface area contributed by atoms with Crippen molar-refractivity contribution in [3.63, 3.8) is 0 Å².